The SMILES string of the molecule is O=C(CC(=O)NC(C(=O)O)c1ccc(Br)cc1)NCC(F)(F)F. The Morgan fingerprint density at radius 1 is 1.13 bits per heavy atom. The van der Waals surface area contributed by atoms with Crippen LogP contribution in [0.15, 0.2) is 28.7 Å². The molecule has 0 aliphatic rings. The Bertz CT molecular complexity index is 590. The van der Waals surface area contributed by atoms with E-state index in [9.17, 15) is 27.6 Å². The second-order valence-corrected chi connectivity index (χ2v) is 5.37. The third-order valence-electron chi connectivity index (χ3n) is 2.56. The first-order valence-electron chi connectivity index (χ1n) is 6.19. The molecule has 0 aliphatic heterocycles. The quantitative estimate of drug-likeness (QED) is 0.638. The van der Waals surface area contributed by atoms with Crippen LogP contribution in [0.4, 0.5) is 13.2 Å². The first kappa shape index (κ1) is 18.9. The predicted octanol–water partition coefficient (Wildman–Crippen LogP) is 1.76. The van der Waals surface area contributed by atoms with Crippen LogP contribution in [-0.4, -0.2) is 35.6 Å². The minimum absolute atomic E-state index is 0.254. The molecule has 3 N–H and O–H groups in total. The number of hydrogen-bond donors (Lipinski definition) is 3. The molecular weight excluding hydrogens is 385 g/mol. The van der Waals surface area contributed by atoms with E-state index in [0.717, 1.165) is 0 Å². The maximum absolute atomic E-state index is 11.9. The van der Waals surface area contributed by atoms with Crippen LogP contribution in [-0.2, 0) is 14.4 Å². The highest BCUT2D eigenvalue weighted by Crippen LogP contribution is 2.17. The molecule has 1 atom stereocenters. The average molecular weight is 397 g/mol. The highest BCUT2D eigenvalue weighted by molar-refractivity contribution is 9.10. The number of rotatable bonds is 6. The zero-order valence-corrected chi connectivity index (χ0v) is 13.1. The molecule has 1 rings (SSSR count). The summed E-state index contributed by atoms with van der Waals surface area (Å²) in [4.78, 5) is 34.0. The molecule has 0 fully saturated rings. The molecule has 1 unspecified atom stereocenters. The molecule has 23 heavy (non-hydrogen) atoms. The molecule has 0 heterocycles. The number of nitrogens with one attached hydrogen (secondary N) is 2. The lowest BCUT2D eigenvalue weighted by Crippen LogP contribution is -2.39. The number of aliphatic carboxylic acids is 1. The van der Waals surface area contributed by atoms with Gasteiger partial charge in [-0.25, -0.2) is 4.79 Å². The summed E-state index contributed by atoms with van der Waals surface area (Å²) in [5.74, 6) is -3.52. The topological polar surface area (TPSA) is 95.5 Å². The van der Waals surface area contributed by atoms with E-state index in [1.54, 1.807) is 12.1 Å². The van der Waals surface area contributed by atoms with Gasteiger partial charge >= 0.3 is 12.1 Å². The third-order valence-corrected chi connectivity index (χ3v) is 3.09. The molecule has 0 spiro atoms. The lowest BCUT2D eigenvalue weighted by Gasteiger charge is -2.15. The van der Waals surface area contributed by atoms with Crippen molar-refractivity contribution in [2.24, 2.45) is 0 Å². The van der Waals surface area contributed by atoms with E-state index in [1.165, 1.54) is 17.4 Å². The van der Waals surface area contributed by atoms with E-state index in [0.29, 0.717) is 4.47 Å². The van der Waals surface area contributed by atoms with Gasteiger partial charge in [-0.3, -0.25) is 9.59 Å². The lowest BCUT2D eigenvalue weighted by atomic mass is 10.1. The zero-order chi connectivity index (χ0) is 17.6. The molecule has 0 saturated carbocycles. The van der Waals surface area contributed by atoms with Gasteiger partial charge < -0.3 is 15.7 Å². The normalized spacial score (nSPS) is 12.3. The van der Waals surface area contributed by atoms with Gasteiger partial charge in [-0.2, -0.15) is 13.2 Å². The van der Waals surface area contributed by atoms with Crippen molar-refractivity contribution in [3.63, 3.8) is 0 Å². The summed E-state index contributed by atoms with van der Waals surface area (Å²) in [5.41, 5.74) is 0.254. The van der Waals surface area contributed by atoms with E-state index in [-0.39, 0.29) is 5.56 Å². The number of carboxylic acids is 1. The average Bonchev–Trinajstić information content (AvgIpc) is 2.43. The molecule has 0 aliphatic carbocycles. The number of amides is 2. The molecule has 10 heteroatoms. The van der Waals surface area contributed by atoms with E-state index in [4.69, 9.17) is 5.11 Å². The Morgan fingerprint density at radius 3 is 2.17 bits per heavy atom. The first-order chi connectivity index (χ1) is 10.6. The minimum atomic E-state index is -4.59. The third kappa shape index (κ3) is 7.13. The Morgan fingerprint density at radius 2 is 1.70 bits per heavy atom. The van der Waals surface area contributed by atoms with Crippen LogP contribution in [0.5, 0.6) is 0 Å². The Kier molecular flexibility index (Phi) is 6.55. The van der Waals surface area contributed by atoms with Crippen LogP contribution in [0.2, 0.25) is 0 Å². The van der Waals surface area contributed by atoms with Crippen molar-refractivity contribution in [3.8, 4) is 0 Å². The number of halogens is 4. The van der Waals surface area contributed by atoms with E-state index >= 15 is 0 Å². The number of alkyl halides is 3. The maximum Gasteiger partial charge on any atom is 0.405 e. The predicted molar refractivity (Wildman–Crippen MR) is 76.3 cm³/mol. The molecular formula is C13H12BrF3N2O4. The number of carbonyl (C=O) groups is 3. The van der Waals surface area contributed by atoms with Crippen molar-refractivity contribution < 1.29 is 32.7 Å². The van der Waals surface area contributed by atoms with Crippen LogP contribution in [0.25, 0.3) is 0 Å². The van der Waals surface area contributed by atoms with Gasteiger partial charge in [-0.05, 0) is 17.7 Å². The number of carboxylic acid groups (broad SMARTS) is 1. The van der Waals surface area contributed by atoms with Crippen LogP contribution in [0.1, 0.15) is 18.0 Å². The Balaban J connectivity index is 2.63. The molecule has 1 aromatic carbocycles. The van der Waals surface area contributed by atoms with Gasteiger partial charge in [0.25, 0.3) is 0 Å². The van der Waals surface area contributed by atoms with E-state index in [2.05, 4.69) is 21.2 Å². The smallest absolute Gasteiger partial charge is 0.405 e. The molecule has 1 aromatic rings. The summed E-state index contributed by atoms with van der Waals surface area (Å²) in [7, 11) is 0. The van der Waals surface area contributed by atoms with Gasteiger partial charge in [-0.1, -0.05) is 28.1 Å². The van der Waals surface area contributed by atoms with Gasteiger partial charge in [0.15, 0.2) is 6.04 Å². The minimum Gasteiger partial charge on any atom is -0.479 e. The highest BCUT2D eigenvalue weighted by atomic mass is 79.9. The van der Waals surface area contributed by atoms with Crippen molar-refractivity contribution in [2.75, 3.05) is 6.54 Å². The fourth-order valence-electron chi connectivity index (χ4n) is 1.56. The Hall–Kier alpha value is -2.10. The van der Waals surface area contributed by atoms with E-state index in [1.807, 2.05) is 0 Å². The Labute approximate surface area is 137 Å². The van der Waals surface area contributed by atoms with Crippen molar-refractivity contribution in [1.29, 1.82) is 0 Å². The fourth-order valence-corrected chi connectivity index (χ4v) is 1.83. The zero-order valence-electron chi connectivity index (χ0n) is 11.5. The van der Waals surface area contributed by atoms with Crippen molar-refractivity contribution in [3.05, 3.63) is 34.3 Å². The van der Waals surface area contributed by atoms with Crippen molar-refractivity contribution in [2.45, 2.75) is 18.6 Å². The van der Waals surface area contributed by atoms with Crippen LogP contribution >= 0.6 is 15.9 Å². The summed E-state index contributed by atoms with van der Waals surface area (Å²) < 4.78 is 36.5. The molecule has 0 saturated heterocycles. The molecule has 126 valence electrons. The molecule has 2 amide bonds. The standard InChI is InChI=1S/C13H12BrF3N2O4/c14-8-3-1-7(2-4-8)11(12(22)23)19-10(21)5-9(20)18-6-13(15,16)17/h1-4,11H,5-6H2,(H,18,20)(H,19,21)(H,22,23). The number of carbonyl (C=O) groups excluding carboxylic acids is 2. The molecule has 0 bridgehead atoms. The molecule has 0 aromatic heterocycles. The monoisotopic (exact) mass is 396 g/mol. The maximum atomic E-state index is 11.9. The van der Waals surface area contributed by atoms with Crippen LogP contribution in [0.3, 0.4) is 0 Å². The summed E-state index contributed by atoms with van der Waals surface area (Å²) in [6, 6.07) is 4.62. The van der Waals surface area contributed by atoms with Gasteiger partial charge in [0.1, 0.15) is 13.0 Å². The van der Waals surface area contributed by atoms with E-state index < -0.39 is 43.0 Å². The second kappa shape index (κ2) is 7.95. The summed E-state index contributed by atoms with van der Waals surface area (Å²) >= 11 is 3.17. The first-order valence-corrected chi connectivity index (χ1v) is 6.99. The molecule has 6 nitrogen and oxygen atoms in total. The van der Waals surface area contributed by atoms with Crippen molar-refractivity contribution >= 4 is 33.7 Å². The van der Waals surface area contributed by atoms with Gasteiger partial charge in [0, 0.05) is 4.47 Å². The number of benzene rings is 1. The lowest BCUT2D eigenvalue weighted by molar-refractivity contribution is -0.144. The largest absolute Gasteiger partial charge is 0.479 e. The van der Waals surface area contributed by atoms with Gasteiger partial charge in [-0.15, -0.1) is 0 Å². The summed E-state index contributed by atoms with van der Waals surface area (Å²) in [6.07, 6.45) is -5.50. The highest BCUT2D eigenvalue weighted by Gasteiger charge is 2.28. The number of hydrogen-bond acceptors (Lipinski definition) is 3. The van der Waals surface area contributed by atoms with Crippen LogP contribution in [0, 0.1) is 0 Å². The fraction of sp³-hybridized carbons (Fsp3) is 0.308. The molecule has 0 radical (unpaired) electrons. The van der Waals surface area contributed by atoms with Gasteiger partial charge in [0.2, 0.25) is 11.8 Å². The van der Waals surface area contributed by atoms with Crippen molar-refractivity contribution in [1.82, 2.24) is 10.6 Å². The van der Waals surface area contributed by atoms with Crippen LogP contribution < -0.4 is 10.6 Å². The van der Waals surface area contributed by atoms with Gasteiger partial charge in [0.05, 0.1) is 0 Å². The second-order valence-electron chi connectivity index (χ2n) is 4.46. The summed E-state index contributed by atoms with van der Waals surface area (Å²) in [5, 5.41) is 12.7. The summed E-state index contributed by atoms with van der Waals surface area (Å²) in [6.45, 7) is -1.56.